The lowest BCUT2D eigenvalue weighted by atomic mass is 10.1. The van der Waals surface area contributed by atoms with E-state index >= 15 is 0 Å². The fourth-order valence-corrected chi connectivity index (χ4v) is 3.44. The molecule has 0 fully saturated rings. The molecule has 2 aromatic rings. The van der Waals surface area contributed by atoms with Gasteiger partial charge in [0, 0.05) is 26.2 Å². The van der Waals surface area contributed by atoms with Crippen molar-refractivity contribution in [2.75, 3.05) is 5.75 Å². The average molecular weight is 361 g/mol. The molecule has 19 heavy (non-hydrogen) atoms. The molecule has 0 aromatic heterocycles. The first-order chi connectivity index (χ1) is 9.08. The predicted molar refractivity (Wildman–Crippen MR) is 83.2 cm³/mol. The Labute approximate surface area is 129 Å². The van der Waals surface area contributed by atoms with Crippen LogP contribution in [-0.2, 0) is 0 Å². The van der Waals surface area contributed by atoms with Crippen molar-refractivity contribution in [3.05, 3.63) is 63.3 Å². The minimum absolute atomic E-state index is 0.305. The molecule has 0 aliphatic rings. The van der Waals surface area contributed by atoms with Crippen molar-refractivity contribution >= 4 is 39.3 Å². The molecule has 100 valence electrons. The summed E-state index contributed by atoms with van der Waals surface area (Å²) >= 11 is 11.1. The lowest BCUT2D eigenvalue weighted by Crippen LogP contribution is -2.13. The molecule has 0 saturated carbocycles. The molecule has 2 rings (SSSR count). The van der Waals surface area contributed by atoms with E-state index in [4.69, 9.17) is 17.3 Å². The molecule has 0 aliphatic heterocycles. The summed E-state index contributed by atoms with van der Waals surface area (Å²) in [6.45, 7) is 0. The van der Waals surface area contributed by atoms with E-state index in [1.54, 1.807) is 11.8 Å². The minimum atomic E-state index is -0.319. The van der Waals surface area contributed by atoms with Crippen LogP contribution in [0.1, 0.15) is 11.6 Å². The summed E-state index contributed by atoms with van der Waals surface area (Å²) in [6, 6.07) is 11.9. The molecule has 1 nitrogen and oxygen atoms in total. The molecule has 0 bridgehead atoms. The molecule has 0 amide bonds. The summed E-state index contributed by atoms with van der Waals surface area (Å²) in [5.74, 6) is 0.312. The highest BCUT2D eigenvalue weighted by molar-refractivity contribution is 9.10. The van der Waals surface area contributed by atoms with E-state index in [0.717, 1.165) is 9.37 Å². The average Bonchev–Trinajstić information content (AvgIpc) is 2.40. The van der Waals surface area contributed by atoms with Crippen LogP contribution in [0.25, 0.3) is 0 Å². The van der Waals surface area contributed by atoms with Gasteiger partial charge in [-0.1, -0.05) is 23.7 Å². The minimum Gasteiger partial charge on any atom is -0.323 e. The van der Waals surface area contributed by atoms with Gasteiger partial charge in [0.2, 0.25) is 0 Å². The summed E-state index contributed by atoms with van der Waals surface area (Å²) in [4.78, 5) is 1.10. The predicted octanol–water partition coefficient (Wildman–Crippen LogP) is 5.03. The van der Waals surface area contributed by atoms with Gasteiger partial charge in [-0.25, -0.2) is 4.39 Å². The van der Waals surface area contributed by atoms with Crippen LogP contribution in [0.2, 0.25) is 5.02 Å². The van der Waals surface area contributed by atoms with Crippen LogP contribution in [0, 0.1) is 5.82 Å². The highest BCUT2D eigenvalue weighted by atomic mass is 79.9. The van der Waals surface area contributed by atoms with Crippen molar-refractivity contribution in [2.24, 2.45) is 5.73 Å². The molecule has 0 aliphatic carbocycles. The highest BCUT2D eigenvalue weighted by Gasteiger charge is 2.12. The molecular formula is C14H12BrClFNS. The van der Waals surface area contributed by atoms with Gasteiger partial charge in [0.25, 0.3) is 0 Å². The van der Waals surface area contributed by atoms with Gasteiger partial charge in [0.15, 0.2) is 0 Å². The lowest BCUT2D eigenvalue weighted by Gasteiger charge is -2.14. The third-order valence-corrected chi connectivity index (χ3v) is 5.10. The second-order valence-corrected chi connectivity index (χ2v) is 6.34. The van der Waals surface area contributed by atoms with Crippen molar-refractivity contribution in [1.29, 1.82) is 0 Å². The first kappa shape index (κ1) is 14.9. The topological polar surface area (TPSA) is 26.0 Å². The van der Waals surface area contributed by atoms with Gasteiger partial charge in [-0.3, -0.25) is 0 Å². The van der Waals surface area contributed by atoms with E-state index in [2.05, 4.69) is 15.9 Å². The number of rotatable bonds is 4. The molecule has 1 atom stereocenters. The fraction of sp³-hybridized carbons (Fsp3) is 0.143. The number of halogens is 3. The second-order valence-electron chi connectivity index (χ2n) is 4.01. The second kappa shape index (κ2) is 6.75. The third-order valence-electron chi connectivity index (χ3n) is 2.61. The van der Waals surface area contributed by atoms with Crippen LogP contribution < -0.4 is 5.73 Å². The van der Waals surface area contributed by atoms with Crippen LogP contribution >= 0.6 is 39.3 Å². The van der Waals surface area contributed by atoms with E-state index in [1.165, 1.54) is 18.2 Å². The Balaban J connectivity index is 2.07. The normalized spacial score (nSPS) is 12.4. The summed E-state index contributed by atoms with van der Waals surface area (Å²) < 4.78 is 14.2. The molecule has 5 heteroatoms. The molecule has 0 radical (unpaired) electrons. The zero-order valence-electron chi connectivity index (χ0n) is 9.95. The molecule has 0 spiro atoms. The van der Waals surface area contributed by atoms with E-state index in [9.17, 15) is 4.39 Å². The first-order valence-corrected chi connectivity index (χ1v) is 7.81. The van der Waals surface area contributed by atoms with Gasteiger partial charge in [-0.05, 0) is 51.8 Å². The number of hydrogen-bond acceptors (Lipinski definition) is 2. The Morgan fingerprint density at radius 1 is 1.26 bits per heavy atom. The van der Waals surface area contributed by atoms with Gasteiger partial charge in [-0.2, -0.15) is 0 Å². The van der Waals surface area contributed by atoms with E-state index < -0.39 is 0 Å². The van der Waals surface area contributed by atoms with Gasteiger partial charge in [0.1, 0.15) is 5.82 Å². The molecule has 1 unspecified atom stereocenters. The van der Waals surface area contributed by atoms with Crippen molar-refractivity contribution < 1.29 is 4.39 Å². The largest absolute Gasteiger partial charge is 0.323 e. The van der Waals surface area contributed by atoms with Crippen LogP contribution in [0.15, 0.2) is 51.8 Å². The van der Waals surface area contributed by atoms with Gasteiger partial charge in [0.05, 0.1) is 0 Å². The number of benzene rings is 2. The number of thioether (sulfide) groups is 1. The SMILES string of the molecule is NC(CSc1ccccc1Br)c1cc(F)ccc1Cl. The Hall–Kier alpha value is -0.550. The lowest BCUT2D eigenvalue weighted by molar-refractivity contribution is 0.623. The summed E-state index contributed by atoms with van der Waals surface area (Å²) in [5, 5.41) is 0.502. The maximum atomic E-state index is 13.2. The molecule has 2 N–H and O–H groups in total. The van der Waals surface area contributed by atoms with Crippen LogP contribution in [0.3, 0.4) is 0 Å². The van der Waals surface area contributed by atoms with E-state index in [-0.39, 0.29) is 11.9 Å². The monoisotopic (exact) mass is 359 g/mol. The molecule has 2 aromatic carbocycles. The quantitative estimate of drug-likeness (QED) is 0.774. The smallest absolute Gasteiger partial charge is 0.123 e. The van der Waals surface area contributed by atoms with Crippen LogP contribution in [0.4, 0.5) is 4.39 Å². The van der Waals surface area contributed by atoms with Crippen molar-refractivity contribution in [3.63, 3.8) is 0 Å². The Bertz CT molecular complexity index is 579. The summed E-state index contributed by atoms with van der Waals surface area (Å²) in [7, 11) is 0. The maximum absolute atomic E-state index is 13.2. The van der Waals surface area contributed by atoms with Crippen molar-refractivity contribution in [3.8, 4) is 0 Å². The van der Waals surface area contributed by atoms with Gasteiger partial charge < -0.3 is 5.73 Å². The molecule has 0 saturated heterocycles. The third kappa shape index (κ3) is 3.96. The summed E-state index contributed by atoms with van der Waals surface area (Å²) in [5.41, 5.74) is 6.72. The van der Waals surface area contributed by atoms with Crippen molar-refractivity contribution in [1.82, 2.24) is 0 Å². The zero-order chi connectivity index (χ0) is 13.8. The highest BCUT2D eigenvalue weighted by Crippen LogP contribution is 2.31. The van der Waals surface area contributed by atoms with Gasteiger partial charge >= 0.3 is 0 Å². The maximum Gasteiger partial charge on any atom is 0.123 e. The van der Waals surface area contributed by atoms with Gasteiger partial charge in [-0.15, -0.1) is 11.8 Å². The zero-order valence-corrected chi connectivity index (χ0v) is 13.1. The standard InChI is InChI=1S/C14H12BrClFNS/c15-11-3-1-2-4-14(11)19-8-13(18)10-7-9(17)5-6-12(10)16/h1-7,13H,8,18H2. The summed E-state index contributed by atoms with van der Waals surface area (Å²) in [6.07, 6.45) is 0. The fourth-order valence-electron chi connectivity index (χ4n) is 1.63. The molecule has 0 heterocycles. The Morgan fingerprint density at radius 3 is 2.74 bits per heavy atom. The van der Waals surface area contributed by atoms with Crippen LogP contribution in [-0.4, -0.2) is 5.75 Å². The molecular weight excluding hydrogens is 349 g/mol. The first-order valence-electron chi connectivity index (χ1n) is 5.66. The number of nitrogens with two attached hydrogens (primary N) is 1. The van der Waals surface area contributed by atoms with Crippen molar-refractivity contribution in [2.45, 2.75) is 10.9 Å². The number of hydrogen-bond donors (Lipinski definition) is 1. The Morgan fingerprint density at radius 2 is 2.00 bits per heavy atom. The van der Waals surface area contributed by atoms with E-state index in [1.807, 2.05) is 24.3 Å². The Kier molecular flexibility index (Phi) is 5.28. The van der Waals surface area contributed by atoms with E-state index in [0.29, 0.717) is 16.3 Å². The van der Waals surface area contributed by atoms with Crippen LogP contribution in [0.5, 0.6) is 0 Å².